The van der Waals surface area contributed by atoms with Crippen LogP contribution < -0.4 is 5.48 Å². The van der Waals surface area contributed by atoms with Crippen LogP contribution in [-0.4, -0.2) is 31.4 Å². The summed E-state index contributed by atoms with van der Waals surface area (Å²) in [5, 5.41) is 0. The molecule has 1 saturated heterocycles. The van der Waals surface area contributed by atoms with Gasteiger partial charge in [-0.15, -0.1) is 5.48 Å². The maximum Gasteiger partial charge on any atom is 0.440 e. The zero-order valence-electron chi connectivity index (χ0n) is 7.74. The predicted molar refractivity (Wildman–Crippen MR) is 45.1 cm³/mol. The van der Waals surface area contributed by atoms with Crippen LogP contribution in [-0.2, 0) is 19.1 Å². The van der Waals surface area contributed by atoms with Crippen molar-refractivity contribution in [2.24, 2.45) is 0 Å². The molecule has 1 fully saturated rings. The highest BCUT2D eigenvalue weighted by molar-refractivity contribution is 5.87. The van der Waals surface area contributed by atoms with Crippen LogP contribution in [0, 0.1) is 0 Å². The van der Waals surface area contributed by atoms with E-state index < -0.39 is 12.1 Å². The van der Waals surface area contributed by atoms with Gasteiger partial charge in [0.2, 0.25) is 0 Å². The van der Waals surface area contributed by atoms with Gasteiger partial charge in [0.25, 0.3) is 0 Å². The van der Waals surface area contributed by atoms with E-state index in [9.17, 15) is 9.59 Å². The number of epoxide rings is 1. The molecule has 1 amide bonds. The summed E-state index contributed by atoms with van der Waals surface area (Å²) < 4.78 is 9.41. The highest BCUT2D eigenvalue weighted by Crippen LogP contribution is 2.08. The number of hydrogen-bond acceptors (Lipinski definition) is 5. The van der Waals surface area contributed by atoms with Crippen LogP contribution in [0.3, 0.4) is 0 Å². The molecule has 0 aromatic heterocycles. The first kappa shape index (κ1) is 10.5. The van der Waals surface area contributed by atoms with E-state index in [1.807, 2.05) is 5.48 Å². The largest absolute Gasteiger partial charge is 0.445 e. The molecule has 1 aliphatic heterocycles. The van der Waals surface area contributed by atoms with Crippen molar-refractivity contribution in [3.63, 3.8) is 0 Å². The number of hydroxylamine groups is 1. The van der Waals surface area contributed by atoms with Crippen LogP contribution >= 0.6 is 0 Å². The lowest BCUT2D eigenvalue weighted by Gasteiger charge is -2.05. The van der Waals surface area contributed by atoms with Crippen molar-refractivity contribution in [2.45, 2.75) is 13.0 Å². The lowest BCUT2D eigenvalue weighted by Crippen LogP contribution is -2.28. The Hall–Kier alpha value is -1.56. The zero-order chi connectivity index (χ0) is 10.6. The molecule has 0 saturated carbocycles. The van der Waals surface area contributed by atoms with E-state index in [-0.39, 0.29) is 18.3 Å². The molecule has 1 atom stereocenters. The Kier molecular flexibility index (Phi) is 3.47. The molecular formula is C8H11NO5. The number of rotatable bonds is 3. The lowest BCUT2D eigenvalue weighted by molar-refractivity contribution is -0.144. The molecular weight excluding hydrogens is 190 g/mol. The first-order valence-corrected chi connectivity index (χ1v) is 4.00. The minimum Gasteiger partial charge on any atom is -0.445 e. The van der Waals surface area contributed by atoms with Crippen molar-refractivity contribution in [3.05, 3.63) is 12.2 Å². The topological polar surface area (TPSA) is 77.2 Å². The number of carbonyl (C=O) groups is 2. The van der Waals surface area contributed by atoms with Crippen molar-refractivity contribution >= 4 is 12.1 Å². The summed E-state index contributed by atoms with van der Waals surface area (Å²) in [4.78, 5) is 25.9. The van der Waals surface area contributed by atoms with Crippen molar-refractivity contribution in [1.29, 1.82) is 0 Å². The molecule has 0 aromatic rings. The van der Waals surface area contributed by atoms with Crippen molar-refractivity contribution in [1.82, 2.24) is 5.48 Å². The molecule has 0 aliphatic carbocycles. The molecule has 1 N–H and O–H groups in total. The molecule has 0 spiro atoms. The third-order valence-electron chi connectivity index (χ3n) is 1.38. The monoisotopic (exact) mass is 201 g/mol. The minimum absolute atomic E-state index is 0.0161. The maximum absolute atomic E-state index is 10.8. The van der Waals surface area contributed by atoms with Crippen molar-refractivity contribution in [3.8, 4) is 0 Å². The molecule has 0 bridgehead atoms. The summed E-state index contributed by atoms with van der Waals surface area (Å²) in [6, 6.07) is 0. The number of nitrogens with one attached hydrogen (secondary N) is 1. The third kappa shape index (κ3) is 3.90. The Morgan fingerprint density at radius 2 is 2.29 bits per heavy atom. The molecule has 0 radical (unpaired) electrons. The molecule has 6 nitrogen and oxygen atoms in total. The molecule has 6 heteroatoms. The van der Waals surface area contributed by atoms with Gasteiger partial charge in [0.05, 0.1) is 6.61 Å². The van der Waals surface area contributed by atoms with Gasteiger partial charge in [-0.25, -0.2) is 9.59 Å². The van der Waals surface area contributed by atoms with Gasteiger partial charge >= 0.3 is 12.1 Å². The molecule has 1 heterocycles. The summed E-state index contributed by atoms with van der Waals surface area (Å²) >= 11 is 0. The number of amides is 1. The van der Waals surface area contributed by atoms with Gasteiger partial charge < -0.3 is 14.3 Å². The molecule has 1 unspecified atom stereocenters. The Bertz CT molecular complexity index is 258. The summed E-state index contributed by atoms with van der Waals surface area (Å²) in [5.74, 6) is -0.704. The maximum atomic E-state index is 10.8. The second-order valence-corrected chi connectivity index (χ2v) is 2.83. The van der Waals surface area contributed by atoms with E-state index in [1.165, 1.54) is 6.92 Å². The number of carbonyl (C=O) groups excluding carboxylic acids is 2. The van der Waals surface area contributed by atoms with Crippen LogP contribution in [0.15, 0.2) is 12.2 Å². The fraction of sp³-hybridized carbons (Fsp3) is 0.500. The zero-order valence-corrected chi connectivity index (χ0v) is 7.74. The second kappa shape index (κ2) is 4.61. The van der Waals surface area contributed by atoms with Gasteiger partial charge in [0.1, 0.15) is 12.7 Å². The Balaban J connectivity index is 2.07. The van der Waals surface area contributed by atoms with E-state index in [0.29, 0.717) is 6.61 Å². The first-order valence-electron chi connectivity index (χ1n) is 4.00. The highest BCUT2D eigenvalue weighted by atomic mass is 16.7. The fourth-order valence-electron chi connectivity index (χ4n) is 0.537. The van der Waals surface area contributed by atoms with E-state index in [1.54, 1.807) is 0 Å². The Morgan fingerprint density at radius 1 is 1.64 bits per heavy atom. The SMILES string of the molecule is C=C(C)C(=O)ONC(=O)OCC1CO1. The van der Waals surface area contributed by atoms with E-state index >= 15 is 0 Å². The van der Waals surface area contributed by atoms with E-state index in [4.69, 9.17) is 4.74 Å². The normalized spacial score (nSPS) is 18.2. The van der Waals surface area contributed by atoms with E-state index in [2.05, 4.69) is 16.2 Å². The van der Waals surface area contributed by atoms with Crippen molar-refractivity contribution in [2.75, 3.05) is 13.2 Å². The van der Waals surface area contributed by atoms with Gasteiger partial charge in [-0.1, -0.05) is 6.58 Å². The van der Waals surface area contributed by atoms with Crippen LogP contribution in [0.2, 0.25) is 0 Å². The van der Waals surface area contributed by atoms with Crippen LogP contribution in [0.25, 0.3) is 0 Å². The highest BCUT2D eigenvalue weighted by Gasteiger charge is 2.24. The van der Waals surface area contributed by atoms with Gasteiger partial charge in [-0.3, -0.25) is 0 Å². The van der Waals surface area contributed by atoms with Crippen molar-refractivity contribution < 1.29 is 23.9 Å². The average molecular weight is 201 g/mol. The summed E-state index contributed by atoms with van der Waals surface area (Å²) in [6.45, 7) is 5.56. The van der Waals surface area contributed by atoms with Crippen LogP contribution in [0.1, 0.15) is 6.92 Å². The van der Waals surface area contributed by atoms with Crippen LogP contribution in [0.4, 0.5) is 4.79 Å². The van der Waals surface area contributed by atoms with Gasteiger partial charge in [0, 0.05) is 5.57 Å². The Morgan fingerprint density at radius 3 is 2.79 bits per heavy atom. The average Bonchev–Trinajstić information content (AvgIpc) is 2.94. The molecule has 14 heavy (non-hydrogen) atoms. The first-order chi connectivity index (χ1) is 6.59. The quantitative estimate of drug-likeness (QED) is 0.399. The number of hydrogen-bond donors (Lipinski definition) is 1. The third-order valence-corrected chi connectivity index (χ3v) is 1.38. The predicted octanol–water partition coefficient (Wildman–Crippen LogP) is 0.146. The lowest BCUT2D eigenvalue weighted by atomic mass is 10.4. The molecule has 0 aromatic carbocycles. The molecule has 1 aliphatic rings. The molecule has 1 rings (SSSR count). The number of ether oxygens (including phenoxy) is 2. The molecule has 78 valence electrons. The Labute approximate surface area is 80.8 Å². The summed E-state index contributed by atoms with van der Waals surface area (Å²) in [7, 11) is 0. The summed E-state index contributed by atoms with van der Waals surface area (Å²) in [6.07, 6.45) is -0.840. The standard InChI is InChI=1S/C8H11NO5/c1-5(2)7(10)14-9-8(11)13-4-6-3-12-6/h6H,1,3-4H2,2H3,(H,9,11). The van der Waals surface area contributed by atoms with Gasteiger partial charge in [0.15, 0.2) is 0 Å². The smallest absolute Gasteiger partial charge is 0.440 e. The minimum atomic E-state index is -0.824. The fourth-order valence-corrected chi connectivity index (χ4v) is 0.537. The van der Waals surface area contributed by atoms with E-state index in [0.717, 1.165) is 0 Å². The van der Waals surface area contributed by atoms with Gasteiger partial charge in [-0.2, -0.15) is 0 Å². The van der Waals surface area contributed by atoms with Gasteiger partial charge in [-0.05, 0) is 6.92 Å². The van der Waals surface area contributed by atoms with Crippen LogP contribution in [0.5, 0.6) is 0 Å². The summed E-state index contributed by atoms with van der Waals surface area (Å²) in [5.41, 5.74) is 2.01. The second-order valence-electron chi connectivity index (χ2n) is 2.83.